The van der Waals surface area contributed by atoms with Gasteiger partial charge >= 0.3 is 5.97 Å². The molecule has 1 aliphatic rings. The summed E-state index contributed by atoms with van der Waals surface area (Å²) < 4.78 is 5.08. The first-order valence-electron chi connectivity index (χ1n) is 4.64. The first-order chi connectivity index (χ1) is 6.23. The Bertz CT molecular complexity index is 267. The van der Waals surface area contributed by atoms with Crippen LogP contribution in [0.2, 0.25) is 0 Å². The van der Waals surface area contributed by atoms with Crippen LogP contribution in [-0.4, -0.2) is 28.3 Å². The molecular weight excluding hydrogens is 182 g/mol. The van der Waals surface area contributed by atoms with Crippen molar-refractivity contribution in [1.82, 2.24) is 0 Å². The van der Waals surface area contributed by atoms with Crippen LogP contribution in [0.1, 0.15) is 27.2 Å². The van der Waals surface area contributed by atoms with Gasteiger partial charge in [-0.05, 0) is 26.8 Å². The van der Waals surface area contributed by atoms with E-state index in [0.29, 0.717) is 0 Å². The van der Waals surface area contributed by atoms with Crippen LogP contribution < -0.4 is 5.73 Å². The van der Waals surface area contributed by atoms with Crippen molar-refractivity contribution in [2.75, 3.05) is 0 Å². The van der Waals surface area contributed by atoms with Gasteiger partial charge in [0.15, 0.2) is 5.60 Å². The maximum Gasteiger partial charge on any atom is 0.342 e. The molecule has 4 heteroatoms. The molecule has 0 bridgehead atoms. The van der Waals surface area contributed by atoms with E-state index in [9.17, 15) is 9.90 Å². The minimum Gasteiger partial charge on any atom is -0.458 e. The van der Waals surface area contributed by atoms with Crippen LogP contribution in [0.5, 0.6) is 0 Å². The summed E-state index contributed by atoms with van der Waals surface area (Å²) >= 11 is 0. The molecule has 0 saturated carbocycles. The molecular formula is C10H17NO3. The molecule has 0 aromatic carbocycles. The second kappa shape index (κ2) is 3.37. The smallest absolute Gasteiger partial charge is 0.342 e. The Hall–Kier alpha value is -0.870. The maximum atomic E-state index is 11.5. The molecule has 0 radical (unpaired) electrons. The average molecular weight is 199 g/mol. The van der Waals surface area contributed by atoms with E-state index >= 15 is 0 Å². The lowest BCUT2D eigenvalue weighted by molar-refractivity contribution is -0.172. The molecule has 0 aliphatic heterocycles. The van der Waals surface area contributed by atoms with Crippen LogP contribution in [0.25, 0.3) is 0 Å². The van der Waals surface area contributed by atoms with Crippen molar-refractivity contribution in [1.29, 1.82) is 0 Å². The molecule has 14 heavy (non-hydrogen) atoms. The van der Waals surface area contributed by atoms with Gasteiger partial charge in [-0.15, -0.1) is 0 Å². The zero-order valence-corrected chi connectivity index (χ0v) is 8.78. The SMILES string of the molecule is CC(C)(C)OC(=O)C1(O)C=CC(N)C1. The van der Waals surface area contributed by atoms with E-state index in [1.807, 2.05) is 0 Å². The van der Waals surface area contributed by atoms with Crippen molar-refractivity contribution < 1.29 is 14.6 Å². The highest BCUT2D eigenvalue weighted by Gasteiger charge is 2.41. The summed E-state index contributed by atoms with van der Waals surface area (Å²) in [6.07, 6.45) is 3.22. The van der Waals surface area contributed by atoms with Crippen molar-refractivity contribution >= 4 is 5.97 Å². The van der Waals surface area contributed by atoms with Crippen LogP contribution in [0, 0.1) is 0 Å². The number of carbonyl (C=O) groups is 1. The molecule has 0 fully saturated rings. The third kappa shape index (κ3) is 2.56. The van der Waals surface area contributed by atoms with Gasteiger partial charge < -0.3 is 15.6 Å². The number of carbonyl (C=O) groups excluding carboxylic acids is 1. The van der Waals surface area contributed by atoms with E-state index in [-0.39, 0.29) is 12.5 Å². The van der Waals surface area contributed by atoms with Crippen molar-refractivity contribution in [3.8, 4) is 0 Å². The van der Waals surface area contributed by atoms with Crippen LogP contribution in [0.4, 0.5) is 0 Å². The number of rotatable bonds is 1. The lowest BCUT2D eigenvalue weighted by atomic mass is 10.0. The molecule has 0 spiro atoms. The molecule has 3 N–H and O–H groups in total. The second-order valence-electron chi connectivity index (χ2n) is 4.65. The van der Waals surface area contributed by atoms with Gasteiger partial charge in [0.1, 0.15) is 5.60 Å². The summed E-state index contributed by atoms with van der Waals surface area (Å²) in [6.45, 7) is 5.27. The minimum atomic E-state index is -1.54. The molecule has 0 saturated heterocycles. The van der Waals surface area contributed by atoms with Gasteiger partial charge in [0.05, 0.1) is 0 Å². The highest BCUT2D eigenvalue weighted by atomic mass is 16.6. The third-order valence-corrected chi connectivity index (χ3v) is 1.92. The molecule has 80 valence electrons. The first-order valence-corrected chi connectivity index (χ1v) is 4.64. The predicted molar refractivity (Wildman–Crippen MR) is 52.5 cm³/mol. The number of hydrogen-bond acceptors (Lipinski definition) is 4. The third-order valence-electron chi connectivity index (χ3n) is 1.92. The quantitative estimate of drug-likeness (QED) is 0.472. The van der Waals surface area contributed by atoms with Gasteiger partial charge in [-0.25, -0.2) is 4.79 Å². The fraction of sp³-hybridized carbons (Fsp3) is 0.700. The Kier molecular flexibility index (Phi) is 2.69. The number of aliphatic hydroxyl groups is 1. The number of ether oxygens (including phenoxy) is 1. The van der Waals surface area contributed by atoms with Gasteiger partial charge in [-0.2, -0.15) is 0 Å². The largest absolute Gasteiger partial charge is 0.458 e. The first kappa shape index (κ1) is 11.2. The van der Waals surface area contributed by atoms with Crippen molar-refractivity contribution in [2.45, 2.75) is 44.4 Å². The summed E-state index contributed by atoms with van der Waals surface area (Å²) in [5.41, 5.74) is 3.43. The Morgan fingerprint density at radius 1 is 1.64 bits per heavy atom. The Morgan fingerprint density at radius 3 is 2.57 bits per heavy atom. The van der Waals surface area contributed by atoms with Crippen LogP contribution in [0.3, 0.4) is 0 Å². The predicted octanol–water partition coefficient (Wildman–Crippen LogP) is 0.346. The Balaban J connectivity index is 2.66. The highest BCUT2D eigenvalue weighted by molar-refractivity contribution is 5.83. The van der Waals surface area contributed by atoms with Gasteiger partial charge in [0.2, 0.25) is 0 Å². The van der Waals surface area contributed by atoms with E-state index in [0.717, 1.165) is 0 Å². The molecule has 0 aromatic rings. The maximum absolute atomic E-state index is 11.5. The summed E-state index contributed by atoms with van der Waals surface area (Å²) in [4.78, 5) is 11.5. The van der Waals surface area contributed by atoms with Gasteiger partial charge in [-0.1, -0.05) is 6.08 Å². The van der Waals surface area contributed by atoms with Gasteiger partial charge in [0.25, 0.3) is 0 Å². The van der Waals surface area contributed by atoms with E-state index in [1.54, 1.807) is 26.8 Å². The summed E-state index contributed by atoms with van der Waals surface area (Å²) in [6, 6.07) is -0.271. The van der Waals surface area contributed by atoms with E-state index in [2.05, 4.69) is 0 Å². The summed E-state index contributed by atoms with van der Waals surface area (Å²) in [7, 11) is 0. The van der Waals surface area contributed by atoms with Crippen molar-refractivity contribution in [2.24, 2.45) is 5.73 Å². The van der Waals surface area contributed by atoms with Gasteiger partial charge in [-0.3, -0.25) is 0 Å². The normalized spacial score (nSPS) is 31.9. The van der Waals surface area contributed by atoms with Crippen molar-refractivity contribution in [3.63, 3.8) is 0 Å². The standard InChI is InChI=1S/C10H17NO3/c1-9(2,3)14-8(12)10(13)5-4-7(11)6-10/h4-5,7,13H,6,11H2,1-3H3. The van der Waals surface area contributed by atoms with Crippen LogP contribution >= 0.6 is 0 Å². The van der Waals surface area contributed by atoms with E-state index < -0.39 is 17.2 Å². The van der Waals surface area contributed by atoms with E-state index in [4.69, 9.17) is 10.5 Å². The monoisotopic (exact) mass is 199 g/mol. The zero-order valence-electron chi connectivity index (χ0n) is 8.78. The fourth-order valence-electron chi connectivity index (χ4n) is 1.30. The second-order valence-corrected chi connectivity index (χ2v) is 4.65. The van der Waals surface area contributed by atoms with Crippen LogP contribution in [0.15, 0.2) is 12.2 Å². The minimum absolute atomic E-state index is 0.196. The van der Waals surface area contributed by atoms with Crippen LogP contribution in [-0.2, 0) is 9.53 Å². The number of esters is 1. The molecule has 1 aliphatic carbocycles. The molecule has 2 unspecified atom stereocenters. The summed E-state index contributed by atoms with van der Waals surface area (Å²) in [5.74, 6) is -0.630. The Labute approximate surface area is 83.7 Å². The number of nitrogens with two attached hydrogens (primary N) is 1. The lowest BCUT2D eigenvalue weighted by Gasteiger charge is -2.26. The molecule has 2 atom stereocenters. The molecule has 0 amide bonds. The molecule has 1 rings (SSSR count). The van der Waals surface area contributed by atoms with E-state index in [1.165, 1.54) is 6.08 Å². The fourth-order valence-corrected chi connectivity index (χ4v) is 1.30. The zero-order chi connectivity index (χ0) is 11.0. The Morgan fingerprint density at radius 2 is 2.21 bits per heavy atom. The highest BCUT2D eigenvalue weighted by Crippen LogP contribution is 2.25. The van der Waals surface area contributed by atoms with Crippen molar-refractivity contribution in [3.05, 3.63) is 12.2 Å². The molecule has 0 heterocycles. The lowest BCUT2D eigenvalue weighted by Crippen LogP contribution is -2.42. The van der Waals surface area contributed by atoms with Gasteiger partial charge in [0, 0.05) is 12.5 Å². The molecule has 4 nitrogen and oxygen atoms in total. The summed E-state index contributed by atoms with van der Waals surface area (Å²) in [5, 5.41) is 9.85. The topological polar surface area (TPSA) is 72.5 Å². The molecule has 0 aromatic heterocycles. The average Bonchev–Trinajstić information content (AvgIpc) is 2.29. The number of hydrogen-bond donors (Lipinski definition) is 2.